The van der Waals surface area contributed by atoms with Gasteiger partial charge in [-0.3, -0.25) is 4.79 Å². The summed E-state index contributed by atoms with van der Waals surface area (Å²) in [5.41, 5.74) is 6.76. The predicted octanol–water partition coefficient (Wildman–Crippen LogP) is 2.70. The molecule has 110 valence electrons. The molecule has 20 heavy (non-hydrogen) atoms. The highest BCUT2D eigenvalue weighted by molar-refractivity contribution is 9.10. The smallest absolute Gasteiger partial charge is 0.251 e. The van der Waals surface area contributed by atoms with Gasteiger partial charge >= 0.3 is 0 Å². The van der Waals surface area contributed by atoms with Crippen molar-refractivity contribution >= 4 is 27.5 Å². The number of nitrogens with one attached hydrogen (secondary N) is 1. The van der Waals surface area contributed by atoms with Gasteiger partial charge in [0.15, 0.2) is 0 Å². The van der Waals surface area contributed by atoms with Gasteiger partial charge in [-0.1, -0.05) is 19.3 Å². The van der Waals surface area contributed by atoms with E-state index in [0.29, 0.717) is 17.8 Å². The highest BCUT2D eigenvalue weighted by Gasteiger charge is 2.31. The SMILES string of the molecule is Nc1ccc(C(=O)NCC2(CO)CCCCC2)cc1Br. The van der Waals surface area contributed by atoms with E-state index in [9.17, 15) is 9.90 Å². The first-order valence-electron chi connectivity index (χ1n) is 7.00. The Bertz CT molecular complexity index is 485. The Kier molecular flexibility index (Phi) is 5.05. The lowest BCUT2D eigenvalue weighted by Gasteiger charge is -2.35. The lowest BCUT2D eigenvalue weighted by atomic mass is 9.74. The summed E-state index contributed by atoms with van der Waals surface area (Å²) in [5, 5.41) is 12.6. The van der Waals surface area contributed by atoms with Gasteiger partial charge in [-0.25, -0.2) is 0 Å². The molecule has 4 N–H and O–H groups in total. The van der Waals surface area contributed by atoms with Crippen molar-refractivity contribution in [3.05, 3.63) is 28.2 Å². The monoisotopic (exact) mass is 340 g/mol. The summed E-state index contributed by atoms with van der Waals surface area (Å²) >= 11 is 3.32. The largest absolute Gasteiger partial charge is 0.398 e. The minimum Gasteiger partial charge on any atom is -0.398 e. The van der Waals surface area contributed by atoms with Gasteiger partial charge < -0.3 is 16.2 Å². The number of anilines is 1. The molecule has 1 saturated carbocycles. The molecule has 1 aliphatic carbocycles. The van der Waals surface area contributed by atoms with Crippen LogP contribution in [0.5, 0.6) is 0 Å². The zero-order valence-corrected chi connectivity index (χ0v) is 13.1. The molecule has 0 aromatic heterocycles. The Morgan fingerprint density at radius 3 is 2.65 bits per heavy atom. The number of nitrogens with two attached hydrogens (primary N) is 1. The number of hydrogen-bond acceptors (Lipinski definition) is 3. The number of hydrogen-bond donors (Lipinski definition) is 3. The van der Waals surface area contributed by atoms with Crippen molar-refractivity contribution < 1.29 is 9.90 Å². The Morgan fingerprint density at radius 2 is 2.05 bits per heavy atom. The summed E-state index contributed by atoms with van der Waals surface area (Å²) in [6, 6.07) is 5.14. The lowest BCUT2D eigenvalue weighted by Crippen LogP contribution is -2.41. The molecule has 0 aliphatic heterocycles. The molecule has 4 nitrogen and oxygen atoms in total. The zero-order chi connectivity index (χ0) is 14.6. The van der Waals surface area contributed by atoms with E-state index >= 15 is 0 Å². The molecule has 0 bridgehead atoms. The van der Waals surface area contributed by atoms with Crippen LogP contribution >= 0.6 is 15.9 Å². The average Bonchev–Trinajstić information content (AvgIpc) is 2.48. The molecule has 0 atom stereocenters. The van der Waals surface area contributed by atoms with Crippen LogP contribution in [-0.4, -0.2) is 24.2 Å². The number of aliphatic hydroxyl groups excluding tert-OH is 1. The fraction of sp³-hybridized carbons (Fsp3) is 0.533. The molecule has 5 heteroatoms. The number of carbonyl (C=O) groups excluding carboxylic acids is 1. The van der Waals surface area contributed by atoms with Gasteiger partial charge in [0.25, 0.3) is 5.91 Å². The van der Waals surface area contributed by atoms with Crippen molar-refractivity contribution in [3.8, 4) is 0 Å². The van der Waals surface area contributed by atoms with Crippen LogP contribution in [0.1, 0.15) is 42.5 Å². The minimum absolute atomic E-state index is 0.121. The van der Waals surface area contributed by atoms with E-state index < -0.39 is 0 Å². The minimum atomic E-state index is -0.140. The van der Waals surface area contributed by atoms with Crippen LogP contribution in [0, 0.1) is 5.41 Å². The van der Waals surface area contributed by atoms with Crippen LogP contribution < -0.4 is 11.1 Å². The number of carbonyl (C=O) groups is 1. The van der Waals surface area contributed by atoms with E-state index in [-0.39, 0.29) is 17.9 Å². The quantitative estimate of drug-likeness (QED) is 0.737. The molecule has 1 aliphatic rings. The molecule has 1 amide bonds. The topological polar surface area (TPSA) is 75.4 Å². The molecule has 0 unspecified atom stereocenters. The fourth-order valence-electron chi connectivity index (χ4n) is 2.73. The average molecular weight is 341 g/mol. The first kappa shape index (κ1) is 15.3. The molecular formula is C15H21BrN2O2. The van der Waals surface area contributed by atoms with Gasteiger partial charge in [0.1, 0.15) is 0 Å². The summed E-state index contributed by atoms with van der Waals surface area (Å²) in [5.74, 6) is -0.121. The number of benzene rings is 1. The summed E-state index contributed by atoms with van der Waals surface area (Å²) in [6.45, 7) is 0.670. The maximum absolute atomic E-state index is 12.2. The first-order valence-corrected chi connectivity index (χ1v) is 7.80. The van der Waals surface area contributed by atoms with E-state index in [4.69, 9.17) is 5.73 Å². The van der Waals surface area contributed by atoms with Crippen LogP contribution in [0.2, 0.25) is 0 Å². The molecule has 0 saturated heterocycles. The predicted molar refractivity (Wildman–Crippen MR) is 83.5 cm³/mol. The molecule has 1 aromatic rings. The molecule has 2 rings (SSSR count). The Labute approximate surface area is 127 Å². The van der Waals surface area contributed by atoms with Crippen molar-refractivity contribution in [2.45, 2.75) is 32.1 Å². The molecule has 0 radical (unpaired) electrons. The standard InChI is InChI=1S/C15H21BrN2O2/c16-12-8-11(4-5-13(12)17)14(20)18-9-15(10-19)6-2-1-3-7-15/h4-5,8,19H,1-3,6-7,9-10,17H2,(H,18,20). The lowest BCUT2D eigenvalue weighted by molar-refractivity contribution is 0.0718. The van der Waals surface area contributed by atoms with E-state index in [0.717, 1.165) is 30.2 Å². The number of nitrogen functional groups attached to an aromatic ring is 1. The highest BCUT2D eigenvalue weighted by Crippen LogP contribution is 2.35. The molecule has 1 aromatic carbocycles. The second kappa shape index (κ2) is 6.59. The van der Waals surface area contributed by atoms with Gasteiger partial charge in [-0.2, -0.15) is 0 Å². The first-order chi connectivity index (χ1) is 9.56. The maximum atomic E-state index is 12.2. The fourth-order valence-corrected chi connectivity index (χ4v) is 3.11. The van der Waals surface area contributed by atoms with E-state index in [1.165, 1.54) is 6.42 Å². The van der Waals surface area contributed by atoms with Crippen molar-refractivity contribution in [1.82, 2.24) is 5.32 Å². The third-order valence-corrected chi connectivity index (χ3v) is 4.82. The van der Waals surface area contributed by atoms with E-state index in [1.54, 1.807) is 18.2 Å². The van der Waals surface area contributed by atoms with Gasteiger partial charge in [-0.05, 0) is 47.0 Å². The van der Waals surface area contributed by atoms with Crippen LogP contribution in [0.3, 0.4) is 0 Å². The summed E-state index contributed by atoms with van der Waals surface area (Å²) in [7, 11) is 0. The molecule has 0 heterocycles. The molecule has 0 spiro atoms. The third kappa shape index (κ3) is 3.52. The Morgan fingerprint density at radius 1 is 1.35 bits per heavy atom. The summed E-state index contributed by atoms with van der Waals surface area (Å²) in [6.07, 6.45) is 5.44. The van der Waals surface area contributed by atoms with Crippen molar-refractivity contribution in [1.29, 1.82) is 0 Å². The van der Waals surface area contributed by atoms with Gasteiger partial charge in [0.05, 0.1) is 6.61 Å². The van der Waals surface area contributed by atoms with Gasteiger partial charge in [-0.15, -0.1) is 0 Å². The van der Waals surface area contributed by atoms with Crippen LogP contribution in [0.4, 0.5) is 5.69 Å². The second-order valence-electron chi connectivity index (χ2n) is 5.64. The summed E-state index contributed by atoms with van der Waals surface area (Å²) < 4.78 is 0.722. The number of aliphatic hydroxyl groups is 1. The molecular weight excluding hydrogens is 320 g/mol. The number of rotatable bonds is 4. The maximum Gasteiger partial charge on any atom is 0.251 e. The van der Waals surface area contributed by atoms with Crippen molar-refractivity contribution in [3.63, 3.8) is 0 Å². The highest BCUT2D eigenvalue weighted by atomic mass is 79.9. The van der Waals surface area contributed by atoms with Crippen LogP contribution in [0.25, 0.3) is 0 Å². The van der Waals surface area contributed by atoms with Crippen molar-refractivity contribution in [2.75, 3.05) is 18.9 Å². The van der Waals surface area contributed by atoms with Gasteiger partial charge in [0, 0.05) is 27.7 Å². The number of amides is 1. The normalized spacial score (nSPS) is 17.7. The Hall–Kier alpha value is -1.07. The van der Waals surface area contributed by atoms with Crippen LogP contribution in [0.15, 0.2) is 22.7 Å². The van der Waals surface area contributed by atoms with Crippen LogP contribution in [-0.2, 0) is 0 Å². The second-order valence-corrected chi connectivity index (χ2v) is 6.49. The van der Waals surface area contributed by atoms with E-state index in [2.05, 4.69) is 21.2 Å². The molecule has 1 fully saturated rings. The number of halogens is 1. The zero-order valence-electron chi connectivity index (χ0n) is 11.5. The van der Waals surface area contributed by atoms with E-state index in [1.807, 2.05) is 0 Å². The van der Waals surface area contributed by atoms with Gasteiger partial charge in [0.2, 0.25) is 0 Å². The third-order valence-electron chi connectivity index (χ3n) is 4.14. The van der Waals surface area contributed by atoms with Crippen molar-refractivity contribution in [2.24, 2.45) is 5.41 Å². The Balaban J connectivity index is 1.98. The summed E-state index contributed by atoms with van der Waals surface area (Å²) in [4.78, 5) is 12.2.